The molecule has 84 valence electrons. The number of carbonyl (C=O) groups excluding carboxylic acids is 2. The molecule has 0 saturated carbocycles. The Morgan fingerprint density at radius 2 is 1.94 bits per heavy atom. The Morgan fingerprint density at radius 3 is 2.44 bits per heavy atom. The van der Waals surface area contributed by atoms with Crippen LogP contribution in [0.4, 0.5) is 5.69 Å². The number of benzene rings is 1. The Morgan fingerprint density at radius 1 is 1.25 bits per heavy atom. The summed E-state index contributed by atoms with van der Waals surface area (Å²) >= 11 is 3.45. The molecular formula is C12H12BrNO2. The minimum Gasteiger partial charge on any atom is -0.303 e. The fourth-order valence-electron chi connectivity index (χ4n) is 2.04. The van der Waals surface area contributed by atoms with Crippen LogP contribution in [0, 0.1) is 13.8 Å². The van der Waals surface area contributed by atoms with Crippen LogP contribution in [0.1, 0.15) is 17.5 Å². The summed E-state index contributed by atoms with van der Waals surface area (Å²) in [5.74, 6) is -0.130. The van der Waals surface area contributed by atoms with Crippen molar-refractivity contribution in [1.29, 1.82) is 0 Å². The molecule has 4 heteroatoms. The van der Waals surface area contributed by atoms with Gasteiger partial charge in [0.15, 0.2) is 5.78 Å². The monoisotopic (exact) mass is 281 g/mol. The highest BCUT2D eigenvalue weighted by Gasteiger charge is 2.30. The fraction of sp³-hybridized carbons (Fsp3) is 0.333. The van der Waals surface area contributed by atoms with E-state index in [1.807, 2.05) is 26.0 Å². The average molecular weight is 282 g/mol. The van der Waals surface area contributed by atoms with Crippen LogP contribution in [0.25, 0.3) is 0 Å². The highest BCUT2D eigenvalue weighted by molar-refractivity contribution is 9.10. The molecule has 0 atom stereocenters. The minimum absolute atomic E-state index is 0.0168. The second-order valence-electron chi connectivity index (χ2n) is 4.11. The van der Waals surface area contributed by atoms with E-state index in [1.165, 1.54) is 0 Å². The molecule has 1 fully saturated rings. The number of Topliss-reactive ketones (excluding diaryl/α,β-unsaturated/α-hetero) is 1. The number of nitrogens with zero attached hydrogens (tertiary/aromatic N) is 1. The first kappa shape index (κ1) is 11.3. The maximum atomic E-state index is 11.7. The molecule has 0 N–H and O–H groups in total. The molecule has 0 radical (unpaired) electrons. The summed E-state index contributed by atoms with van der Waals surface area (Å²) in [6.07, 6.45) is 0.0275. The zero-order chi connectivity index (χ0) is 11.9. The van der Waals surface area contributed by atoms with Gasteiger partial charge in [0.1, 0.15) is 0 Å². The SMILES string of the molecule is Cc1cc(C)c(N2CC(=O)CC2=O)c(Br)c1. The lowest BCUT2D eigenvalue weighted by molar-refractivity contribution is -0.121. The van der Waals surface area contributed by atoms with E-state index in [4.69, 9.17) is 0 Å². The summed E-state index contributed by atoms with van der Waals surface area (Å²) in [7, 11) is 0. The van der Waals surface area contributed by atoms with Gasteiger partial charge in [-0.25, -0.2) is 0 Å². The Balaban J connectivity index is 2.48. The van der Waals surface area contributed by atoms with E-state index in [0.29, 0.717) is 0 Å². The number of carbonyl (C=O) groups is 2. The van der Waals surface area contributed by atoms with E-state index >= 15 is 0 Å². The van der Waals surface area contributed by atoms with Crippen LogP contribution in [0.2, 0.25) is 0 Å². The van der Waals surface area contributed by atoms with Crippen molar-refractivity contribution in [1.82, 2.24) is 0 Å². The lowest BCUT2D eigenvalue weighted by Crippen LogP contribution is -2.25. The number of anilines is 1. The molecule has 0 unspecified atom stereocenters. The van der Waals surface area contributed by atoms with Crippen molar-refractivity contribution < 1.29 is 9.59 Å². The Hall–Kier alpha value is -1.16. The van der Waals surface area contributed by atoms with Crippen molar-refractivity contribution in [3.8, 4) is 0 Å². The first-order chi connectivity index (χ1) is 7.49. The van der Waals surface area contributed by atoms with Gasteiger partial charge in [0.2, 0.25) is 5.91 Å². The van der Waals surface area contributed by atoms with Gasteiger partial charge >= 0.3 is 0 Å². The summed E-state index contributed by atoms with van der Waals surface area (Å²) in [6.45, 7) is 4.14. The zero-order valence-electron chi connectivity index (χ0n) is 9.21. The normalized spacial score (nSPS) is 16.1. The van der Waals surface area contributed by atoms with Crippen molar-refractivity contribution in [2.75, 3.05) is 11.4 Å². The first-order valence-corrected chi connectivity index (χ1v) is 5.87. The van der Waals surface area contributed by atoms with E-state index in [0.717, 1.165) is 21.3 Å². The van der Waals surface area contributed by atoms with Gasteiger partial charge in [-0.05, 0) is 47.0 Å². The summed E-state index contributed by atoms with van der Waals surface area (Å²) in [6, 6.07) is 3.97. The number of hydrogen-bond acceptors (Lipinski definition) is 2. The molecule has 0 aromatic heterocycles. The molecule has 3 nitrogen and oxygen atoms in total. The van der Waals surface area contributed by atoms with Crippen LogP contribution in [-0.4, -0.2) is 18.2 Å². The van der Waals surface area contributed by atoms with Crippen LogP contribution < -0.4 is 4.90 Å². The number of halogens is 1. The van der Waals surface area contributed by atoms with Gasteiger partial charge in [0.25, 0.3) is 0 Å². The quantitative estimate of drug-likeness (QED) is 0.742. The molecule has 1 heterocycles. The molecule has 1 aliphatic rings. The topological polar surface area (TPSA) is 37.4 Å². The molecule has 2 rings (SSSR count). The van der Waals surface area contributed by atoms with Crippen molar-refractivity contribution in [2.24, 2.45) is 0 Å². The lowest BCUT2D eigenvalue weighted by Gasteiger charge is -2.19. The molecule has 1 aromatic rings. The minimum atomic E-state index is -0.113. The predicted molar refractivity (Wildman–Crippen MR) is 65.6 cm³/mol. The first-order valence-electron chi connectivity index (χ1n) is 5.08. The lowest BCUT2D eigenvalue weighted by atomic mass is 10.1. The van der Waals surface area contributed by atoms with Gasteiger partial charge < -0.3 is 4.90 Å². The summed E-state index contributed by atoms with van der Waals surface area (Å²) in [4.78, 5) is 24.5. The molecule has 16 heavy (non-hydrogen) atoms. The molecule has 1 amide bonds. The summed E-state index contributed by atoms with van der Waals surface area (Å²) in [5, 5.41) is 0. The van der Waals surface area contributed by atoms with E-state index < -0.39 is 0 Å². The second kappa shape index (κ2) is 4.01. The van der Waals surface area contributed by atoms with Crippen molar-refractivity contribution >= 4 is 33.3 Å². The van der Waals surface area contributed by atoms with Gasteiger partial charge in [-0.2, -0.15) is 0 Å². The Kier molecular flexibility index (Phi) is 2.84. The number of amides is 1. The van der Waals surface area contributed by atoms with Crippen LogP contribution in [0.3, 0.4) is 0 Å². The molecule has 0 bridgehead atoms. The third-order valence-electron chi connectivity index (χ3n) is 2.65. The molecule has 1 aromatic carbocycles. The standard InChI is InChI=1S/C12H12BrNO2/c1-7-3-8(2)12(10(13)4-7)14-6-9(15)5-11(14)16/h3-4H,5-6H2,1-2H3. The molecular weight excluding hydrogens is 270 g/mol. The molecule has 0 aliphatic carbocycles. The van der Waals surface area contributed by atoms with Crippen LogP contribution in [0.15, 0.2) is 16.6 Å². The van der Waals surface area contributed by atoms with Gasteiger partial charge in [-0.3, -0.25) is 9.59 Å². The van der Waals surface area contributed by atoms with Gasteiger partial charge in [-0.1, -0.05) is 6.07 Å². The molecule has 1 aliphatic heterocycles. The number of ketones is 1. The second-order valence-corrected chi connectivity index (χ2v) is 4.96. The van der Waals surface area contributed by atoms with Crippen LogP contribution in [0.5, 0.6) is 0 Å². The average Bonchev–Trinajstić information content (AvgIpc) is 2.43. The number of hydrogen-bond donors (Lipinski definition) is 0. The van der Waals surface area contributed by atoms with Crippen LogP contribution >= 0.6 is 15.9 Å². The summed E-state index contributed by atoms with van der Waals surface area (Å²) in [5.41, 5.74) is 2.96. The molecule has 0 spiro atoms. The fourth-order valence-corrected chi connectivity index (χ4v) is 2.93. The third kappa shape index (κ3) is 1.89. The Labute approximate surface area is 103 Å². The smallest absolute Gasteiger partial charge is 0.234 e. The van der Waals surface area contributed by atoms with E-state index in [2.05, 4.69) is 15.9 Å². The maximum absolute atomic E-state index is 11.7. The van der Waals surface area contributed by atoms with Gasteiger partial charge in [0, 0.05) is 4.47 Å². The van der Waals surface area contributed by atoms with Gasteiger partial charge in [-0.15, -0.1) is 0 Å². The van der Waals surface area contributed by atoms with Gasteiger partial charge in [0.05, 0.1) is 18.7 Å². The van der Waals surface area contributed by atoms with E-state index in [-0.39, 0.29) is 24.7 Å². The van der Waals surface area contributed by atoms with Crippen molar-refractivity contribution in [2.45, 2.75) is 20.3 Å². The van der Waals surface area contributed by atoms with Crippen molar-refractivity contribution in [3.63, 3.8) is 0 Å². The van der Waals surface area contributed by atoms with E-state index in [1.54, 1.807) is 4.90 Å². The summed E-state index contributed by atoms with van der Waals surface area (Å²) < 4.78 is 0.869. The number of rotatable bonds is 1. The zero-order valence-corrected chi connectivity index (χ0v) is 10.8. The highest BCUT2D eigenvalue weighted by atomic mass is 79.9. The molecule has 1 saturated heterocycles. The largest absolute Gasteiger partial charge is 0.303 e. The maximum Gasteiger partial charge on any atom is 0.234 e. The predicted octanol–water partition coefficient (Wildman–Crippen LogP) is 2.37. The van der Waals surface area contributed by atoms with Crippen molar-refractivity contribution in [3.05, 3.63) is 27.7 Å². The van der Waals surface area contributed by atoms with Crippen LogP contribution in [-0.2, 0) is 9.59 Å². The number of aryl methyl sites for hydroxylation is 2. The van der Waals surface area contributed by atoms with E-state index in [9.17, 15) is 9.59 Å². The Bertz CT molecular complexity index is 459. The third-order valence-corrected chi connectivity index (χ3v) is 3.26. The highest BCUT2D eigenvalue weighted by Crippen LogP contribution is 2.33.